The maximum atomic E-state index is 3.81. The number of nitrogens with zero attached hydrogens (tertiary/aromatic N) is 1. The molecule has 0 bridgehead atoms. The highest BCUT2D eigenvalue weighted by Gasteiger charge is 2.27. The van der Waals surface area contributed by atoms with E-state index in [0.29, 0.717) is 18.1 Å². The summed E-state index contributed by atoms with van der Waals surface area (Å²) in [5, 5.41) is 6.51. The van der Waals surface area contributed by atoms with Gasteiger partial charge in [0, 0.05) is 24.7 Å². The van der Waals surface area contributed by atoms with Gasteiger partial charge < -0.3 is 10.2 Å². The van der Waals surface area contributed by atoms with Crippen LogP contribution in [0.5, 0.6) is 0 Å². The standard InChI is InChI=1S/C18H24N2/c1-13-11-16(12-20(13)3)19-14(2)17-10-6-8-15-7-4-5-9-18(15)17/h4-10,13-14,16,19H,11-12H2,1-3H3. The highest BCUT2D eigenvalue weighted by atomic mass is 15.2. The zero-order valence-electron chi connectivity index (χ0n) is 12.6. The van der Waals surface area contributed by atoms with Crippen molar-refractivity contribution >= 4 is 10.8 Å². The Morgan fingerprint density at radius 1 is 1.15 bits per heavy atom. The summed E-state index contributed by atoms with van der Waals surface area (Å²) in [6.45, 7) is 5.74. The third-order valence-corrected chi connectivity index (χ3v) is 4.66. The van der Waals surface area contributed by atoms with Crippen LogP contribution in [0.4, 0.5) is 0 Å². The molecular weight excluding hydrogens is 244 g/mol. The van der Waals surface area contributed by atoms with E-state index in [1.807, 2.05) is 0 Å². The molecule has 1 heterocycles. The monoisotopic (exact) mass is 268 g/mol. The normalized spacial score (nSPS) is 25.1. The highest BCUT2D eigenvalue weighted by molar-refractivity contribution is 5.86. The van der Waals surface area contributed by atoms with Gasteiger partial charge in [0.15, 0.2) is 0 Å². The Balaban J connectivity index is 1.81. The molecule has 3 atom stereocenters. The Kier molecular flexibility index (Phi) is 3.77. The second kappa shape index (κ2) is 5.55. The van der Waals surface area contributed by atoms with Crippen molar-refractivity contribution in [3.8, 4) is 0 Å². The van der Waals surface area contributed by atoms with Crippen molar-refractivity contribution in [2.75, 3.05) is 13.6 Å². The number of benzene rings is 2. The summed E-state index contributed by atoms with van der Waals surface area (Å²) in [5.41, 5.74) is 1.41. The van der Waals surface area contributed by atoms with Gasteiger partial charge in [-0.2, -0.15) is 0 Å². The summed E-state index contributed by atoms with van der Waals surface area (Å²) in [6.07, 6.45) is 1.24. The average Bonchev–Trinajstić information content (AvgIpc) is 2.76. The SMILES string of the molecule is CC(NC1CC(C)N(C)C1)c1cccc2ccccc12. The minimum atomic E-state index is 0.393. The maximum Gasteiger partial charge on any atom is 0.0301 e. The molecule has 2 aromatic carbocycles. The first-order valence-electron chi connectivity index (χ1n) is 7.59. The van der Waals surface area contributed by atoms with Gasteiger partial charge in [-0.3, -0.25) is 0 Å². The van der Waals surface area contributed by atoms with Crippen LogP contribution < -0.4 is 5.32 Å². The van der Waals surface area contributed by atoms with Crippen LogP contribution in [-0.4, -0.2) is 30.6 Å². The van der Waals surface area contributed by atoms with Crippen LogP contribution in [0.25, 0.3) is 10.8 Å². The lowest BCUT2D eigenvalue weighted by Gasteiger charge is -2.21. The van der Waals surface area contributed by atoms with E-state index in [-0.39, 0.29) is 0 Å². The van der Waals surface area contributed by atoms with E-state index in [4.69, 9.17) is 0 Å². The summed E-state index contributed by atoms with van der Waals surface area (Å²) in [6, 6.07) is 16.9. The van der Waals surface area contributed by atoms with Gasteiger partial charge in [0.1, 0.15) is 0 Å². The van der Waals surface area contributed by atoms with Gasteiger partial charge in [-0.15, -0.1) is 0 Å². The van der Waals surface area contributed by atoms with Gasteiger partial charge in [-0.05, 0) is 43.7 Å². The minimum Gasteiger partial charge on any atom is -0.306 e. The van der Waals surface area contributed by atoms with Crippen molar-refractivity contribution in [3.05, 3.63) is 48.0 Å². The van der Waals surface area contributed by atoms with Gasteiger partial charge in [-0.1, -0.05) is 42.5 Å². The third kappa shape index (κ3) is 2.58. The first-order chi connectivity index (χ1) is 9.65. The van der Waals surface area contributed by atoms with Crippen LogP contribution in [-0.2, 0) is 0 Å². The van der Waals surface area contributed by atoms with Crippen molar-refractivity contribution < 1.29 is 0 Å². The fourth-order valence-corrected chi connectivity index (χ4v) is 3.39. The molecule has 1 fully saturated rings. The van der Waals surface area contributed by atoms with Crippen LogP contribution >= 0.6 is 0 Å². The Morgan fingerprint density at radius 3 is 2.65 bits per heavy atom. The summed E-state index contributed by atoms with van der Waals surface area (Å²) in [4.78, 5) is 2.44. The van der Waals surface area contributed by atoms with Crippen LogP contribution in [0.3, 0.4) is 0 Å². The van der Waals surface area contributed by atoms with E-state index in [2.05, 4.69) is 73.6 Å². The summed E-state index contributed by atoms with van der Waals surface area (Å²) < 4.78 is 0. The molecule has 106 valence electrons. The third-order valence-electron chi connectivity index (χ3n) is 4.66. The smallest absolute Gasteiger partial charge is 0.0301 e. The molecule has 2 aromatic rings. The summed E-state index contributed by atoms with van der Waals surface area (Å²) in [7, 11) is 2.22. The number of rotatable bonds is 3. The molecule has 1 N–H and O–H groups in total. The van der Waals surface area contributed by atoms with E-state index in [1.165, 1.54) is 22.8 Å². The van der Waals surface area contributed by atoms with Gasteiger partial charge in [0.25, 0.3) is 0 Å². The second-order valence-corrected chi connectivity index (χ2v) is 6.18. The van der Waals surface area contributed by atoms with Crippen LogP contribution in [0.15, 0.2) is 42.5 Å². The molecule has 0 radical (unpaired) electrons. The Hall–Kier alpha value is -1.38. The number of likely N-dealkylation sites (tertiary alicyclic amines) is 1. The van der Waals surface area contributed by atoms with Crippen LogP contribution in [0.1, 0.15) is 31.9 Å². The largest absolute Gasteiger partial charge is 0.306 e. The molecule has 3 unspecified atom stereocenters. The molecule has 0 aromatic heterocycles. The maximum absolute atomic E-state index is 3.81. The fraction of sp³-hybridized carbons (Fsp3) is 0.444. The minimum absolute atomic E-state index is 0.393. The molecule has 0 saturated carbocycles. The molecule has 1 saturated heterocycles. The van der Waals surface area contributed by atoms with E-state index in [0.717, 1.165) is 6.54 Å². The fourth-order valence-electron chi connectivity index (χ4n) is 3.39. The molecule has 0 amide bonds. The predicted molar refractivity (Wildman–Crippen MR) is 86.0 cm³/mol. The Morgan fingerprint density at radius 2 is 1.90 bits per heavy atom. The van der Waals surface area contributed by atoms with Crippen molar-refractivity contribution in [1.82, 2.24) is 10.2 Å². The zero-order chi connectivity index (χ0) is 14.1. The summed E-state index contributed by atoms with van der Waals surface area (Å²) in [5.74, 6) is 0. The second-order valence-electron chi connectivity index (χ2n) is 6.18. The van der Waals surface area contributed by atoms with Crippen molar-refractivity contribution in [3.63, 3.8) is 0 Å². The molecule has 0 aliphatic carbocycles. The Labute approximate surface area is 121 Å². The lowest BCUT2D eigenvalue weighted by Crippen LogP contribution is -2.33. The van der Waals surface area contributed by atoms with Gasteiger partial charge in [-0.25, -0.2) is 0 Å². The Bertz CT molecular complexity index is 577. The molecule has 0 spiro atoms. The van der Waals surface area contributed by atoms with E-state index < -0.39 is 0 Å². The molecule has 2 heteroatoms. The predicted octanol–water partition coefficient (Wildman–Crippen LogP) is 3.58. The lowest BCUT2D eigenvalue weighted by atomic mass is 9.99. The lowest BCUT2D eigenvalue weighted by molar-refractivity contribution is 0.325. The number of hydrogen-bond donors (Lipinski definition) is 1. The van der Waals surface area contributed by atoms with Gasteiger partial charge >= 0.3 is 0 Å². The van der Waals surface area contributed by atoms with Gasteiger partial charge in [0.2, 0.25) is 0 Å². The highest BCUT2D eigenvalue weighted by Crippen LogP contribution is 2.26. The van der Waals surface area contributed by atoms with Gasteiger partial charge in [0.05, 0.1) is 0 Å². The molecule has 3 rings (SSSR count). The van der Waals surface area contributed by atoms with Crippen molar-refractivity contribution in [2.24, 2.45) is 0 Å². The molecule has 2 nitrogen and oxygen atoms in total. The van der Waals surface area contributed by atoms with Crippen LogP contribution in [0, 0.1) is 0 Å². The average molecular weight is 268 g/mol. The molecular formula is C18H24N2. The first kappa shape index (κ1) is 13.6. The van der Waals surface area contributed by atoms with E-state index in [1.54, 1.807) is 0 Å². The van der Waals surface area contributed by atoms with E-state index >= 15 is 0 Å². The van der Waals surface area contributed by atoms with Crippen LogP contribution in [0.2, 0.25) is 0 Å². The van der Waals surface area contributed by atoms with E-state index in [9.17, 15) is 0 Å². The molecule has 1 aliphatic rings. The molecule has 1 aliphatic heterocycles. The van der Waals surface area contributed by atoms with Crippen molar-refractivity contribution in [2.45, 2.75) is 38.4 Å². The number of nitrogens with one attached hydrogen (secondary N) is 1. The van der Waals surface area contributed by atoms with Crippen molar-refractivity contribution in [1.29, 1.82) is 0 Å². The quantitative estimate of drug-likeness (QED) is 0.915. The first-order valence-corrected chi connectivity index (χ1v) is 7.59. The number of fused-ring (bicyclic) bond motifs is 1. The number of hydrogen-bond acceptors (Lipinski definition) is 2. The zero-order valence-corrected chi connectivity index (χ0v) is 12.6. The topological polar surface area (TPSA) is 15.3 Å². The summed E-state index contributed by atoms with van der Waals surface area (Å²) >= 11 is 0. The number of likely N-dealkylation sites (N-methyl/N-ethyl adjacent to an activating group) is 1. The molecule has 20 heavy (non-hydrogen) atoms.